The fraction of sp³-hybridized carbons (Fsp3) is 0.318. The van der Waals surface area contributed by atoms with Crippen LogP contribution in [0.5, 0.6) is 0 Å². The molecule has 0 spiro atoms. The Morgan fingerprint density at radius 1 is 1.03 bits per heavy atom. The lowest BCUT2D eigenvalue weighted by Gasteiger charge is -2.34. The molecule has 0 saturated carbocycles. The van der Waals surface area contributed by atoms with Gasteiger partial charge in [0.2, 0.25) is 5.91 Å². The van der Waals surface area contributed by atoms with Crippen molar-refractivity contribution in [2.24, 2.45) is 7.05 Å². The number of nitrogens with zero attached hydrogens (tertiary/aromatic N) is 4. The number of para-hydroxylation sites is 2. The van der Waals surface area contributed by atoms with Crippen molar-refractivity contribution < 1.29 is 14.0 Å². The van der Waals surface area contributed by atoms with E-state index in [9.17, 15) is 14.0 Å². The molecule has 1 fully saturated rings. The molecule has 0 aliphatic carbocycles. The molecule has 30 heavy (non-hydrogen) atoms. The summed E-state index contributed by atoms with van der Waals surface area (Å²) in [7, 11) is 1.93. The molecule has 1 aliphatic rings. The fourth-order valence-electron chi connectivity index (χ4n) is 3.70. The molecule has 1 aromatic heterocycles. The molecule has 0 bridgehead atoms. The molecule has 7 nitrogen and oxygen atoms in total. The Morgan fingerprint density at radius 3 is 2.47 bits per heavy atom. The minimum Gasteiger partial charge on any atom is -0.348 e. The van der Waals surface area contributed by atoms with E-state index in [0.717, 1.165) is 16.9 Å². The van der Waals surface area contributed by atoms with Crippen molar-refractivity contribution in [3.63, 3.8) is 0 Å². The molecule has 0 atom stereocenters. The summed E-state index contributed by atoms with van der Waals surface area (Å²) in [4.78, 5) is 33.0. The minimum atomic E-state index is -0.508. The smallest absolute Gasteiger partial charge is 0.256 e. The van der Waals surface area contributed by atoms with E-state index in [1.165, 1.54) is 12.1 Å². The Balaban J connectivity index is 1.26. The van der Waals surface area contributed by atoms with Gasteiger partial charge in [0.05, 0.1) is 29.7 Å². The van der Waals surface area contributed by atoms with Gasteiger partial charge in [-0.3, -0.25) is 14.5 Å². The highest BCUT2D eigenvalue weighted by molar-refractivity contribution is 5.94. The van der Waals surface area contributed by atoms with Gasteiger partial charge < -0.3 is 14.8 Å². The van der Waals surface area contributed by atoms with Crippen molar-refractivity contribution in [2.45, 2.75) is 6.54 Å². The van der Waals surface area contributed by atoms with Gasteiger partial charge in [0.25, 0.3) is 5.91 Å². The number of piperazine rings is 1. The van der Waals surface area contributed by atoms with Crippen LogP contribution >= 0.6 is 0 Å². The van der Waals surface area contributed by atoms with E-state index in [1.54, 1.807) is 17.0 Å². The van der Waals surface area contributed by atoms with Gasteiger partial charge in [-0.15, -0.1) is 0 Å². The number of aromatic nitrogens is 2. The summed E-state index contributed by atoms with van der Waals surface area (Å²) >= 11 is 0. The molecule has 156 valence electrons. The predicted octanol–water partition coefficient (Wildman–Crippen LogP) is 1.79. The van der Waals surface area contributed by atoms with Crippen molar-refractivity contribution in [3.8, 4) is 0 Å². The summed E-state index contributed by atoms with van der Waals surface area (Å²) in [5.41, 5.74) is 2.02. The fourth-order valence-corrected chi connectivity index (χ4v) is 3.70. The number of fused-ring (bicyclic) bond motifs is 1. The van der Waals surface area contributed by atoms with E-state index < -0.39 is 5.82 Å². The summed E-state index contributed by atoms with van der Waals surface area (Å²) in [6, 6.07) is 13.9. The number of carbonyl (C=O) groups excluding carboxylic acids is 2. The predicted molar refractivity (Wildman–Crippen MR) is 111 cm³/mol. The number of nitrogens with one attached hydrogen (secondary N) is 1. The highest BCUT2D eigenvalue weighted by atomic mass is 19.1. The van der Waals surface area contributed by atoms with Crippen LogP contribution in [0.2, 0.25) is 0 Å². The third kappa shape index (κ3) is 4.18. The maximum atomic E-state index is 13.8. The average molecular weight is 409 g/mol. The summed E-state index contributed by atoms with van der Waals surface area (Å²) in [5, 5.41) is 2.92. The van der Waals surface area contributed by atoms with Crippen LogP contribution in [0.4, 0.5) is 4.39 Å². The number of amides is 2. The second-order valence-corrected chi connectivity index (χ2v) is 7.40. The van der Waals surface area contributed by atoms with Crippen LogP contribution in [-0.2, 0) is 18.4 Å². The Bertz CT molecular complexity index is 1070. The van der Waals surface area contributed by atoms with Gasteiger partial charge in [0, 0.05) is 33.2 Å². The molecule has 1 saturated heterocycles. The zero-order valence-electron chi connectivity index (χ0n) is 16.8. The SMILES string of the molecule is Cn1c(CNC(=O)CN2CCN(C(=O)c3ccccc3F)CC2)nc2ccccc21. The van der Waals surface area contributed by atoms with Crippen molar-refractivity contribution in [1.82, 2.24) is 24.7 Å². The topological polar surface area (TPSA) is 70.5 Å². The summed E-state index contributed by atoms with van der Waals surface area (Å²) < 4.78 is 15.8. The van der Waals surface area contributed by atoms with Gasteiger partial charge in [0.1, 0.15) is 11.6 Å². The van der Waals surface area contributed by atoms with E-state index in [-0.39, 0.29) is 23.9 Å². The lowest BCUT2D eigenvalue weighted by Crippen LogP contribution is -2.51. The molecule has 4 rings (SSSR count). The van der Waals surface area contributed by atoms with E-state index in [4.69, 9.17) is 0 Å². The lowest BCUT2D eigenvalue weighted by atomic mass is 10.1. The second-order valence-electron chi connectivity index (χ2n) is 7.40. The van der Waals surface area contributed by atoms with Gasteiger partial charge in [-0.05, 0) is 24.3 Å². The molecular weight excluding hydrogens is 385 g/mol. The molecule has 0 radical (unpaired) electrons. The number of hydrogen-bond acceptors (Lipinski definition) is 4. The van der Waals surface area contributed by atoms with Crippen LogP contribution < -0.4 is 5.32 Å². The van der Waals surface area contributed by atoms with E-state index >= 15 is 0 Å². The molecule has 2 aromatic carbocycles. The Labute approximate surface area is 174 Å². The van der Waals surface area contributed by atoms with E-state index in [0.29, 0.717) is 32.7 Å². The highest BCUT2D eigenvalue weighted by Gasteiger charge is 2.24. The Kier molecular flexibility index (Phi) is 5.76. The molecule has 8 heteroatoms. The van der Waals surface area contributed by atoms with Crippen molar-refractivity contribution in [1.29, 1.82) is 0 Å². The second kappa shape index (κ2) is 8.62. The molecular formula is C22H24FN5O2. The molecule has 1 N–H and O–H groups in total. The van der Waals surface area contributed by atoms with E-state index in [1.807, 2.05) is 40.8 Å². The Morgan fingerprint density at radius 2 is 1.73 bits per heavy atom. The molecule has 1 aliphatic heterocycles. The zero-order valence-corrected chi connectivity index (χ0v) is 16.8. The zero-order chi connectivity index (χ0) is 21.1. The molecule has 2 amide bonds. The van der Waals surface area contributed by atoms with Crippen molar-refractivity contribution >= 4 is 22.8 Å². The van der Waals surface area contributed by atoms with Gasteiger partial charge >= 0.3 is 0 Å². The van der Waals surface area contributed by atoms with Gasteiger partial charge in [-0.2, -0.15) is 0 Å². The van der Waals surface area contributed by atoms with E-state index in [2.05, 4.69) is 10.3 Å². The van der Waals surface area contributed by atoms with Crippen LogP contribution in [0.25, 0.3) is 11.0 Å². The number of aryl methyl sites for hydroxylation is 1. The third-order valence-electron chi connectivity index (χ3n) is 5.45. The van der Waals surface area contributed by atoms with Gasteiger partial charge in [-0.1, -0.05) is 24.3 Å². The first-order valence-electron chi connectivity index (χ1n) is 9.96. The summed E-state index contributed by atoms with van der Waals surface area (Å²) in [6.45, 7) is 2.68. The maximum Gasteiger partial charge on any atom is 0.256 e. The normalized spacial score (nSPS) is 14.8. The van der Waals surface area contributed by atoms with Gasteiger partial charge in [0.15, 0.2) is 0 Å². The average Bonchev–Trinajstić information content (AvgIpc) is 3.08. The highest BCUT2D eigenvalue weighted by Crippen LogP contribution is 2.14. The third-order valence-corrected chi connectivity index (χ3v) is 5.45. The first-order chi connectivity index (χ1) is 14.5. The van der Waals surface area contributed by atoms with Crippen molar-refractivity contribution in [2.75, 3.05) is 32.7 Å². The quantitative estimate of drug-likeness (QED) is 0.698. The summed E-state index contributed by atoms with van der Waals surface area (Å²) in [5.74, 6) is -0.105. The van der Waals surface area contributed by atoms with Crippen LogP contribution in [0, 0.1) is 5.82 Å². The van der Waals surface area contributed by atoms with Crippen LogP contribution in [0.15, 0.2) is 48.5 Å². The standard InChI is InChI=1S/C22H24FN5O2/c1-26-19-9-5-4-8-18(19)25-20(26)14-24-21(29)15-27-10-12-28(13-11-27)22(30)16-6-2-3-7-17(16)23/h2-9H,10-15H2,1H3,(H,24,29). The number of hydrogen-bond donors (Lipinski definition) is 1. The number of rotatable bonds is 5. The minimum absolute atomic E-state index is 0.0871. The molecule has 0 unspecified atom stereocenters. The molecule has 3 aromatic rings. The maximum absolute atomic E-state index is 13.8. The molecule has 2 heterocycles. The summed E-state index contributed by atoms with van der Waals surface area (Å²) in [6.07, 6.45) is 0. The number of halogens is 1. The van der Waals surface area contributed by atoms with Crippen LogP contribution in [-0.4, -0.2) is 63.9 Å². The lowest BCUT2D eigenvalue weighted by molar-refractivity contribution is -0.122. The van der Waals surface area contributed by atoms with Crippen molar-refractivity contribution in [3.05, 3.63) is 65.7 Å². The Hall–Kier alpha value is -3.26. The first-order valence-corrected chi connectivity index (χ1v) is 9.96. The monoisotopic (exact) mass is 409 g/mol. The largest absolute Gasteiger partial charge is 0.348 e. The van der Waals surface area contributed by atoms with Crippen LogP contribution in [0.1, 0.15) is 16.2 Å². The first kappa shape index (κ1) is 20.0. The van der Waals surface area contributed by atoms with Gasteiger partial charge in [-0.25, -0.2) is 9.37 Å². The number of benzene rings is 2. The number of imidazole rings is 1. The van der Waals surface area contributed by atoms with Crippen LogP contribution in [0.3, 0.4) is 0 Å². The number of carbonyl (C=O) groups is 2.